The van der Waals surface area contributed by atoms with Crippen LogP contribution < -0.4 is 9.47 Å². The number of epoxide rings is 1. The predicted molar refractivity (Wildman–Crippen MR) is 71.8 cm³/mol. The SMILES string of the molecule is CCc1c(OC[C@@H]2CO2)cc(C)c(OC(C)=O)c1C. The maximum atomic E-state index is 11.2. The minimum Gasteiger partial charge on any atom is -0.490 e. The zero-order valence-electron chi connectivity index (χ0n) is 11.9. The minimum atomic E-state index is -0.298. The van der Waals surface area contributed by atoms with Gasteiger partial charge in [0.2, 0.25) is 0 Å². The number of hydrogen-bond donors (Lipinski definition) is 0. The average molecular weight is 264 g/mol. The Kier molecular flexibility index (Phi) is 4.10. The molecule has 1 fully saturated rings. The van der Waals surface area contributed by atoms with Gasteiger partial charge in [0.1, 0.15) is 24.2 Å². The van der Waals surface area contributed by atoms with Crippen molar-refractivity contribution in [2.45, 2.75) is 40.2 Å². The molecular formula is C15H20O4. The molecule has 1 aliphatic rings. The quantitative estimate of drug-likeness (QED) is 0.466. The summed E-state index contributed by atoms with van der Waals surface area (Å²) in [5.41, 5.74) is 2.98. The minimum absolute atomic E-state index is 0.235. The highest BCUT2D eigenvalue weighted by Crippen LogP contribution is 2.34. The monoisotopic (exact) mass is 264 g/mol. The fourth-order valence-electron chi connectivity index (χ4n) is 2.18. The molecule has 1 heterocycles. The van der Waals surface area contributed by atoms with Gasteiger partial charge in [-0.15, -0.1) is 0 Å². The van der Waals surface area contributed by atoms with Gasteiger partial charge in [-0.2, -0.15) is 0 Å². The maximum absolute atomic E-state index is 11.2. The van der Waals surface area contributed by atoms with E-state index in [0.717, 1.165) is 35.5 Å². The Labute approximate surface area is 113 Å². The Morgan fingerprint density at radius 2 is 2.16 bits per heavy atom. The highest BCUT2D eigenvalue weighted by atomic mass is 16.6. The van der Waals surface area contributed by atoms with Crippen LogP contribution in [0, 0.1) is 13.8 Å². The summed E-state index contributed by atoms with van der Waals surface area (Å²) < 4.78 is 16.2. The number of esters is 1. The van der Waals surface area contributed by atoms with Crippen LogP contribution in [0.4, 0.5) is 0 Å². The van der Waals surface area contributed by atoms with Crippen molar-refractivity contribution >= 4 is 5.97 Å². The molecule has 0 N–H and O–H groups in total. The van der Waals surface area contributed by atoms with Gasteiger partial charge in [-0.3, -0.25) is 4.79 Å². The van der Waals surface area contributed by atoms with Crippen molar-refractivity contribution in [2.24, 2.45) is 0 Å². The molecule has 104 valence electrons. The Hall–Kier alpha value is -1.55. The molecule has 0 amide bonds. The molecule has 0 saturated carbocycles. The first-order valence-corrected chi connectivity index (χ1v) is 6.58. The van der Waals surface area contributed by atoms with Crippen molar-refractivity contribution in [3.63, 3.8) is 0 Å². The van der Waals surface area contributed by atoms with Gasteiger partial charge < -0.3 is 14.2 Å². The molecule has 1 aromatic carbocycles. The van der Waals surface area contributed by atoms with Gasteiger partial charge in [0, 0.05) is 12.5 Å². The molecule has 0 spiro atoms. The molecule has 1 aliphatic heterocycles. The zero-order chi connectivity index (χ0) is 14.0. The Morgan fingerprint density at radius 1 is 1.47 bits per heavy atom. The van der Waals surface area contributed by atoms with E-state index in [4.69, 9.17) is 14.2 Å². The first-order chi connectivity index (χ1) is 9.02. The fraction of sp³-hybridized carbons (Fsp3) is 0.533. The second-order valence-corrected chi connectivity index (χ2v) is 4.84. The number of ether oxygens (including phenoxy) is 3. The van der Waals surface area contributed by atoms with Crippen molar-refractivity contribution < 1.29 is 19.0 Å². The predicted octanol–water partition coefficient (Wildman–Crippen LogP) is 2.57. The van der Waals surface area contributed by atoms with E-state index in [1.165, 1.54) is 6.92 Å². The van der Waals surface area contributed by atoms with E-state index >= 15 is 0 Å². The summed E-state index contributed by atoms with van der Waals surface area (Å²) in [6.07, 6.45) is 1.07. The lowest BCUT2D eigenvalue weighted by molar-refractivity contribution is -0.131. The standard InChI is InChI=1S/C15H20O4/c1-5-13-10(3)15(19-11(4)16)9(2)6-14(13)18-8-12-7-17-12/h6,12H,5,7-8H2,1-4H3/t12-/m0/s1. The number of benzene rings is 1. The zero-order valence-corrected chi connectivity index (χ0v) is 11.9. The van der Waals surface area contributed by atoms with Gasteiger partial charge in [0.25, 0.3) is 0 Å². The van der Waals surface area contributed by atoms with E-state index in [1.54, 1.807) is 0 Å². The molecule has 4 heteroatoms. The van der Waals surface area contributed by atoms with Gasteiger partial charge in [-0.05, 0) is 37.5 Å². The largest absolute Gasteiger partial charge is 0.490 e. The highest BCUT2D eigenvalue weighted by Gasteiger charge is 2.24. The third-order valence-corrected chi connectivity index (χ3v) is 3.22. The highest BCUT2D eigenvalue weighted by molar-refractivity contribution is 5.71. The normalized spacial score (nSPS) is 17.2. The average Bonchev–Trinajstić information content (AvgIpc) is 3.15. The molecule has 0 unspecified atom stereocenters. The van der Waals surface area contributed by atoms with Crippen LogP contribution >= 0.6 is 0 Å². The molecular weight excluding hydrogens is 244 g/mol. The molecule has 1 saturated heterocycles. The Balaban J connectivity index is 2.30. The summed E-state index contributed by atoms with van der Waals surface area (Å²) in [5, 5.41) is 0. The van der Waals surface area contributed by atoms with Crippen molar-refractivity contribution in [1.29, 1.82) is 0 Å². The van der Waals surface area contributed by atoms with Crippen molar-refractivity contribution in [3.05, 3.63) is 22.8 Å². The second-order valence-electron chi connectivity index (χ2n) is 4.84. The van der Waals surface area contributed by atoms with Crippen LogP contribution in [0.15, 0.2) is 6.07 Å². The third kappa shape index (κ3) is 3.26. The van der Waals surface area contributed by atoms with Crippen molar-refractivity contribution in [2.75, 3.05) is 13.2 Å². The lowest BCUT2D eigenvalue weighted by Crippen LogP contribution is -2.10. The van der Waals surface area contributed by atoms with Crippen LogP contribution in [-0.4, -0.2) is 25.3 Å². The number of carbonyl (C=O) groups excluding carboxylic acids is 1. The Morgan fingerprint density at radius 3 is 2.68 bits per heavy atom. The van der Waals surface area contributed by atoms with Crippen LogP contribution in [0.5, 0.6) is 11.5 Å². The first kappa shape index (κ1) is 13.9. The number of hydrogen-bond acceptors (Lipinski definition) is 4. The van der Waals surface area contributed by atoms with Crippen molar-refractivity contribution in [3.8, 4) is 11.5 Å². The van der Waals surface area contributed by atoms with Gasteiger partial charge in [0.05, 0.1) is 6.61 Å². The van der Waals surface area contributed by atoms with E-state index in [2.05, 4.69) is 6.92 Å². The van der Waals surface area contributed by atoms with Crippen LogP contribution in [0.3, 0.4) is 0 Å². The van der Waals surface area contributed by atoms with E-state index in [9.17, 15) is 4.79 Å². The van der Waals surface area contributed by atoms with Crippen LogP contribution in [0.25, 0.3) is 0 Å². The smallest absolute Gasteiger partial charge is 0.308 e. The third-order valence-electron chi connectivity index (χ3n) is 3.22. The van der Waals surface area contributed by atoms with Crippen LogP contribution in [0.2, 0.25) is 0 Å². The molecule has 0 aliphatic carbocycles. The summed E-state index contributed by atoms with van der Waals surface area (Å²) in [7, 11) is 0. The van der Waals surface area contributed by atoms with Crippen LogP contribution in [-0.2, 0) is 16.0 Å². The first-order valence-electron chi connectivity index (χ1n) is 6.58. The Bertz CT molecular complexity index is 489. The summed E-state index contributed by atoms with van der Waals surface area (Å²) in [6.45, 7) is 8.73. The number of rotatable bonds is 5. The topological polar surface area (TPSA) is 48.1 Å². The number of aryl methyl sites for hydroxylation is 1. The summed E-state index contributed by atoms with van der Waals surface area (Å²) in [6, 6.07) is 1.94. The van der Waals surface area contributed by atoms with E-state index in [1.807, 2.05) is 19.9 Å². The lowest BCUT2D eigenvalue weighted by atomic mass is 10.0. The number of carbonyl (C=O) groups is 1. The maximum Gasteiger partial charge on any atom is 0.308 e. The molecule has 0 aromatic heterocycles. The van der Waals surface area contributed by atoms with Gasteiger partial charge in [-0.25, -0.2) is 0 Å². The van der Waals surface area contributed by atoms with Gasteiger partial charge >= 0.3 is 5.97 Å². The molecule has 2 rings (SSSR count). The molecule has 4 nitrogen and oxygen atoms in total. The van der Waals surface area contributed by atoms with Crippen LogP contribution in [0.1, 0.15) is 30.5 Å². The summed E-state index contributed by atoms with van der Waals surface area (Å²) in [4.78, 5) is 11.2. The van der Waals surface area contributed by atoms with E-state index in [0.29, 0.717) is 12.4 Å². The summed E-state index contributed by atoms with van der Waals surface area (Å²) in [5.74, 6) is 1.22. The molecule has 0 bridgehead atoms. The molecule has 1 atom stereocenters. The lowest BCUT2D eigenvalue weighted by Gasteiger charge is -2.17. The second kappa shape index (κ2) is 5.61. The van der Waals surface area contributed by atoms with Gasteiger partial charge in [0.15, 0.2) is 0 Å². The van der Waals surface area contributed by atoms with Crippen molar-refractivity contribution in [1.82, 2.24) is 0 Å². The van der Waals surface area contributed by atoms with E-state index in [-0.39, 0.29) is 12.1 Å². The van der Waals surface area contributed by atoms with Gasteiger partial charge in [-0.1, -0.05) is 6.92 Å². The summed E-state index contributed by atoms with van der Waals surface area (Å²) >= 11 is 0. The molecule has 1 aromatic rings. The molecule has 0 radical (unpaired) electrons. The fourth-order valence-corrected chi connectivity index (χ4v) is 2.18. The molecule has 19 heavy (non-hydrogen) atoms. The van der Waals surface area contributed by atoms with E-state index < -0.39 is 0 Å².